The topological polar surface area (TPSA) is 51.5 Å². The number of alkyl halides is 2. The van der Waals surface area contributed by atoms with Gasteiger partial charge in [0, 0.05) is 18.9 Å². The van der Waals surface area contributed by atoms with E-state index >= 15 is 0 Å². The number of fused-ring (bicyclic) bond motifs is 1. The van der Waals surface area contributed by atoms with Crippen LogP contribution in [0.15, 0.2) is 42.7 Å². The number of rotatable bonds is 5. The molecule has 2 atom stereocenters. The van der Waals surface area contributed by atoms with E-state index in [0.717, 1.165) is 25.1 Å². The van der Waals surface area contributed by atoms with Crippen molar-refractivity contribution in [3.8, 4) is 11.4 Å². The lowest BCUT2D eigenvalue weighted by atomic mass is 10.2. The monoisotopic (exact) mass is 358 g/mol. The summed E-state index contributed by atoms with van der Waals surface area (Å²) in [6.07, 6.45) is 3.94. The number of pyridine rings is 2. The molecule has 0 aromatic carbocycles. The Kier molecular flexibility index (Phi) is 4.55. The SMILES string of the molecule is CO[C@H]1CCC[C@@H]1Nc1cccc(-c2cnc3ccc(C(F)F)cn23)n1. The summed E-state index contributed by atoms with van der Waals surface area (Å²) in [5, 5.41) is 3.44. The summed E-state index contributed by atoms with van der Waals surface area (Å²) < 4.78 is 33.2. The second kappa shape index (κ2) is 6.99. The van der Waals surface area contributed by atoms with Gasteiger partial charge in [-0.05, 0) is 43.5 Å². The first-order valence-corrected chi connectivity index (χ1v) is 8.67. The minimum atomic E-state index is -2.52. The quantitative estimate of drug-likeness (QED) is 0.738. The second-order valence-corrected chi connectivity index (χ2v) is 6.50. The molecule has 3 heterocycles. The summed E-state index contributed by atoms with van der Waals surface area (Å²) in [6, 6.07) is 8.88. The van der Waals surface area contributed by atoms with Gasteiger partial charge in [-0.2, -0.15) is 0 Å². The van der Waals surface area contributed by atoms with Gasteiger partial charge >= 0.3 is 0 Å². The van der Waals surface area contributed by atoms with Crippen LogP contribution in [0.2, 0.25) is 0 Å². The summed E-state index contributed by atoms with van der Waals surface area (Å²) in [6.45, 7) is 0. The average molecular weight is 358 g/mol. The van der Waals surface area contributed by atoms with Gasteiger partial charge in [-0.1, -0.05) is 6.07 Å². The lowest BCUT2D eigenvalue weighted by Gasteiger charge is -2.20. The van der Waals surface area contributed by atoms with E-state index in [4.69, 9.17) is 4.74 Å². The molecule has 1 aliphatic rings. The van der Waals surface area contributed by atoms with Crippen molar-refractivity contribution in [1.29, 1.82) is 0 Å². The molecule has 1 aliphatic carbocycles. The number of nitrogens with zero attached hydrogens (tertiary/aromatic N) is 3. The van der Waals surface area contributed by atoms with Gasteiger partial charge in [0.15, 0.2) is 0 Å². The maximum atomic E-state index is 13.0. The number of halogens is 2. The van der Waals surface area contributed by atoms with Crippen LogP contribution in [-0.2, 0) is 4.74 Å². The maximum absolute atomic E-state index is 13.0. The van der Waals surface area contributed by atoms with Crippen LogP contribution in [-0.4, -0.2) is 33.6 Å². The Labute approximate surface area is 150 Å². The first-order valence-electron chi connectivity index (χ1n) is 8.67. The molecule has 3 aromatic heterocycles. The molecule has 0 amide bonds. The minimum Gasteiger partial charge on any atom is -0.379 e. The molecule has 1 N–H and O–H groups in total. The molecule has 3 aromatic rings. The Morgan fingerprint density at radius 3 is 2.92 bits per heavy atom. The Balaban J connectivity index is 1.66. The van der Waals surface area contributed by atoms with Gasteiger partial charge < -0.3 is 10.1 Å². The lowest BCUT2D eigenvalue weighted by molar-refractivity contribution is 0.101. The highest BCUT2D eigenvalue weighted by Gasteiger charge is 2.27. The number of aromatic nitrogens is 3. The summed E-state index contributed by atoms with van der Waals surface area (Å²) >= 11 is 0. The van der Waals surface area contributed by atoms with Crippen molar-refractivity contribution in [3.63, 3.8) is 0 Å². The molecule has 0 bridgehead atoms. The highest BCUT2D eigenvalue weighted by atomic mass is 19.3. The molecule has 5 nitrogen and oxygen atoms in total. The predicted molar refractivity (Wildman–Crippen MR) is 95.4 cm³/mol. The van der Waals surface area contributed by atoms with Crippen molar-refractivity contribution >= 4 is 11.5 Å². The number of nitrogens with one attached hydrogen (secondary N) is 1. The van der Waals surface area contributed by atoms with Gasteiger partial charge in [0.1, 0.15) is 11.5 Å². The highest BCUT2D eigenvalue weighted by Crippen LogP contribution is 2.27. The maximum Gasteiger partial charge on any atom is 0.265 e. The van der Waals surface area contributed by atoms with Crippen molar-refractivity contribution in [2.75, 3.05) is 12.4 Å². The third kappa shape index (κ3) is 3.14. The lowest BCUT2D eigenvalue weighted by Crippen LogP contribution is -2.30. The molecule has 1 fully saturated rings. The Morgan fingerprint density at radius 1 is 1.23 bits per heavy atom. The number of hydrogen-bond donors (Lipinski definition) is 1. The van der Waals surface area contributed by atoms with E-state index in [1.807, 2.05) is 18.2 Å². The molecular weight excluding hydrogens is 338 g/mol. The van der Waals surface area contributed by atoms with E-state index in [1.54, 1.807) is 23.8 Å². The van der Waals surface area contributed by atoms with Crippen molar-refractivity contribution in [2.24, 2.45) is 0 Å². The van der Waals surface area contributed by atoms with E-state index in [-0.39, 0.29) is 17.7 Å². The normalized spacial score (nSPS) is 20.2. The van der Waals surface area contributed by atoms with Crippen LogP contribution in [0.3, 0.4) is 0 Å². The van der Waals surface area contributed by atoms with Crippen molar-refractivity contribution < 1.29 is 13.5 Å². The summed E-state index contributed by atoms with van der Waals surface area (Å²) in [7, 11) is 1.73. The largest absolute Gasteiger partial charge is 0.379 e. The number of hydrogen-bond acceptors (Lipinski definition) is 4. The van der Waals surface area contributed by atoms with Gasteiger partial charge in [0.05, 0.1) is 29.7 Å². The van der Waals surface area contributed by atoms with E-state index < -0.39 is 6.43 Å². The molecule has 0 saturated heterocycles. The van der Waals surface area contributed by atoms with Crippen LogP contribution >= 0.6 is 0 Å². The molecule has 26 heavy (non-hydrogen) atoms. The molecule has 136 valence electrons. The zero-order valence-electron chi connectivity index (χ0n) is 14.4. The van der Waals surface area contributed by atoms with Gasteiger partial charge in [0.2, 0.25) is 0 Å². The number of ether oxygens (including phenoxy) is 1. The van der Waals surface area contributed by atoms with Crippen molar-refractivity contribution in [2.45, 2.75) is 37.8 Å². The van der Waals surface area contributed by atoms with Crippen LogP contribution in [0.1, 0.15) is 31.3 Å². The average Bonchev–Trinajstić information content (AvgIpc) is 3.27. The molecule has 0 aliphatic heterocycles. The van der Waals surface area contributed by atoms with E-state index in [2.05, 4.69) is 15.3 Å². The zero-order valence-corrected chi connectivity index (χ0v) is 14.4. The second-order valence-electron chi connectivity index (χ2n) is 6.50. The van der Waals surface area contributed by atoms with E-state index in [0.29, 0.717) is 17.0 Å². The third-order valence-corrected chi connectivity index (χ3v) is 4.88. The highest BCUT2D eigenvalue weighted by molar-refractivity contribution is 5.62. The van der Waals surface area contributed by atoms with Gasteiger partial charge in [-0.25, -0.2) is 18.7 Å². The van der Waals surface area contributed by atoms with E-state index in [1.165, 1.54) is 12.3 Å². The molecule has 0 spiro atoms. The molecule has 0 radical (unpaired) electrons. The molecule has 1 saturated carbocycles. The Morgan fingerprint density at radius 2 is 2.12 bits per heavy atom. The predicted octanol–water partition coefficient (Wildman–Crippen LogP) is 4.31. The smallest absolute Gasteiger partial charge is 0.265 e. The molecule has 7 heteroatoms. The Bertz CT molecular complexity index is 911. The van der Waals surface area contributed by atoms with Gasteiger partial charge in [-0.15, -0.1) is 0 Å². The van der Waals surface area contributed by atoms with Crippen LogP contribution in [0.5, 0.6) is 0 Å². The van der Waals surface area contributed by atoms with Crippen LogP contribution in [0.25, 0.3) is 17.0 Å². The fourth-order valence-electron chi connectivity index (χ4n) is 3.54. The van der Waals surface area contributed by atoms with Gasteiger partial charge in [0.25, 0.3) is 6.43 Å². The molecular formula is C19H20F2N4O. The zero-order chi connectivity index (χ0) is 18.1. The summed E-state index contributed by atoms with van der Waals surface area (Å²) in [4.78, 5) is 8.95. The minimum absolute atomic E-state index is 0.0417. The Hall–Kier alpha value is -2.54. The van der Waals surface area contributed by atoms with E-state index in [9.17, 15) is 8.78 Å². The van der Waals surface area contributed by atoms with Gasteiger partial charge in [-0.3, -0.25) is 4.40 Å². The molecule has 4 rings (SSSR count). The number of anilines is 1. The fourth-order valence-corrected chi connectivity index (χ4v) is 3.54. The summed E-state index contributed by atoms with van der Waals surface area (Å²) in [5.41, 5.74) is 1.93. The third-order valence-electron chi connectivity index (χ3n) is 4.88. The number of methoxy groups -OCH3 is 1. The summed E-state index contributed by atoms with van der Waals surface area (Å²) in [5.74, 6) is 0.747. The first kappa shape index (κ1) is 16.9. The van der Waals surface area contributed by atoms with Crippen molar-refractivity contribution in [1.82, 2.24) is 14.4 Å². The first-order chi connectivity index (χ1) is 12.7. The van der Waals surface area contributed by atoms with Crippen LogP contribution in [0, 0.1) is 0 Å². The molecule has 0 unspecified atom stereocenters. The van der Waals surface area contributed by atoms with Crippen LogP contribution < -0.4 is 5.32 Å². The standard InChI is InChI=1S/C19H20F2N4O/c1-26-16-6-2-5-14(16)24-17-7-3-4-13(23-17)15-10-22-18-9-8-12(19(20)21)11-25(15)18/h3-4,7-11,14,16,19H,2,5-6H2,1H3,(H,23,24)/t14-,16-/m0/s1. The van der Waals surface area contributed by atoms with Crippen LogP contribution in [0.4, 0.5) is 14.6 Å². The number of imidazole rings is 1. The fraction of sp³-hybridized carbons (Fsp3) is 0.368. The van der Waals surface area contributed by atoms with Crippen molar-refractivity contribution in [3.05, 3.63) is 48.3 Å².